The van der Waals surface area contributed by atoms with Gasteiger partial charge in [-0.25, -0.2) is 4.79 Å². The minimum absolute atomic E-state index is 0.153. The molecule has 1 saturated heterocycles. The van der Waals surface area contributed by atoms with Gasteiger partial charge in [0.1, 0.15) is 5.60 Å². The molecule has 2 atom stereocenters. The van der Waals surface area contributed by atoms with E-state index in [9.17, 15) is 4.79 Å². The Hall–Kier alpha value is -0.770. The van der Waals surface area contributed by atoms with Crippen LogP contribution in [0.25, 0.3) is 0 Å². The second-order valence-corrected chi connectivity index (χ2v) is 5.60. The maximum atomic E-state index is 11.9. The summed E-state index contributed by atoms with van der Waals surface area (Å²) in [7, 11) is 0. The van der Waals surface area contributed by atoms with Crippen molar-refractivity contribution in [1.82, 2.24) is 4.90 Å². The third-order valence-electron chi connectivity index (χ3n) is 2.87. The van der Waals surface area contributed by atoms with Gasteiger partial charge in [-0.2, -0.15) is 0 Å². The van der Waals surface area contributed by atoms with Crippen molar-refractivity contribution >= 4 is 6.09 Å². The number of carbonyl (C=O) groups excluding carboxylic acids is 1. The number of aliphatic hydroxyl groups is 1. The molecule has 0 aromatic carbocycles. The van der Waals surface area contributed by atoms with Crippen LogP contribution in [0, 0.1) is 5.92 Å². The highest BCUT2D eigenvalue weighted by molar-refractivity contribution is 5.68. The van der Waals surface area contributed by atoms with Crippen LogP contribution >= 0.6 is 0 Å². The Morgan fingerprint density at radius 1 is 1.50 bits per heavy atom. The van der Waals surface area contributed by atoms with Gasteiger partial charge in [-0.1, -0.05) is 0 Å². The highest BCUT2D eigenvalue weighted by Gasteiger charge is 2.31. The Balaban J connectivity index is 2.52. The van der Waals surface area contributed by atoms with E-state index >= 15 is 0 Å². The van der Waals surface area contributed by atoms with E-state index in [0.29, 0.717) is 12.5 Å². The SMILES string of the molecule is C[C@H]1C[C@@H](CO)CCN1C(=O)OC(C)(C)C. The van der Waals surface area contributed by atoms with Crippen molar-refractivity contribution in [2.24, 2.45) is 5.92 Å². The average Bonchev–Trinajstić information content (AvgIpc) is 2.14. The highest BCUT2D eigenvalue weighted by Crippen LogP contribution is 2.24. The lowest BCUT2D eigenvalue weighted by molar-refractivity contribution is 0.00358. The van der Waals surface area contributed by atoms with Gasteiger partial charge < -0.3 is 14.7 Å². The molecule has 0 aromatic rings. The van der Waals surface area contributed by atoms with Crippen molar-refractivity contribution < 1.29 is 14.6 Å². The Morgan fingerprint density at radius 2 is 2.12 bits per heavy atom. The number of carbonyl (C=O) groups is 1. The van der Waals surface area contributed by atoms with Gasteiger partial charge in [0.25, 0.3) is 0 Å². The molecular formula is C12H23NO3. The molecule has 0 saturated carbocycles. The van der Waals surface area contributed by atoms with Crippen LogP contribution in [0.5, 0.6) is 0 Å². The van der Waals surface area contributed by atoms with Crippen LogP contribution in [0.15, 0.2) is 0 Å². The molecule has 0 aliphatic carbocycles. The maximum absolute atomic E-state index is 11.9. The summed E-state index contributed by atoms with van der Waals surface area (Å²) < 4.78 is 5.34. The van der Waals surface area contributed by atoms with Gasteiger partial charge in [-0.3, -0.25) is 0 Å². The lowest BCUT2D eigenvalue weighted by Gasteiger charge is -2.37. The van der Waals surface area contributed by atoms with Gasteiger partial charge in [0.2, 0.25) is 0 Å². The molecule has 0 bridgehead atoms. The number of amides is 1. The van der Waals surface area contributed by atoms with E-state index < -0.39 is 5.60 Å². The molecule has 0 radical (unpaired) electrons. The number of ether oxygens (including phenoxy) is 1. The molecule has 1 heterocycles. The van der Waals surface area contributed by atoms with Gasteiger partial charge in [0.15, 0.2) is 0 Å². The van der Waals surface area contributed by atoms with E-state index in [1.165, 1.54) is 0 Å². The molecule has 1 aliphatic rings. The first-order valence-electron chi connectivity index (χ1n) is 5.94. The van der Waals surface area contributed by atoms with Gasteiger partial charge in [0, 0.05) is 19.2 Å². The summed E-state index contributed by atoms with van der Waals surface area (Å²) in [6.45, 7) is 8.52. The number of hydrogen-bond donors (Lipinski definition) is 1. The summed E-state index contributed by atoms with van der Waals surface area (Å²) in [6.07, 6.45) is 1.48. The standard InChI is InChI=1S/C12H23NO3/c1-9-7-10(8-14)5-6-13(9)11(15)16-12(2,3)4/h9-10,14H,5-8H2,1-4H3/t9-,10-/m0/s1. The number of piperidine rings is 1. The van der Waals surface area contributed by atoms with E-state index in [-0.39, 0.29) is 18.7 Å². The summed E-state index contributed by atoms with van der Waals surface area (Å²) in [5, 5.41) is 9.09. The van der Waals surface area contributed by atoms with Crippen LogP contribution in [-0.4, -0.2) is 40.9 Å². The van der Waals surface area contributed by atoms with Crippen molar-refractivity contribution in [2.45, 2.75) is 52.2 Å². The molecule has 4 heteroatoms. The normalized spacial score (nSPS) is 26.7. The molecule has 4 nitrogen and oxygen atoms in total. The van der Waals surface area contributed by atoms with Gasteiger partial charge in [-0.05, 0) is 46.5 Å². The zero-order valence-corrected chi connectivity index (χ0v) is 10.7. The van der Waals surface area contributed by atoms with Crippen molar-refractivity contribution in [3.63, 3.8) is 0 Å². The fourth-order valence-electron chi connectivity index (χ4n) is 2.03. The van der Waals surface area contributed by atoms with E-state index in [1.54, 1.807) is 4.90 Å². The van der Waals surface area contributed by atoms with Gasteiger partial charge in [-0.15, -0.1) is 0 Å². The molecule has 0 aromatic heterocycles. The summed E-state index contributed by atoms with van der Waals surface area (Å²) in [4.78, 5) is 13.6. The van der Waals surface area contributed by atoms with Crippen LogP contribution in [0.1, 0.15) is 40.5 Å². The first-order chi connectivity index (χ1) is 7.33. The number of nitrogens with zero attached hydrogens (tertiary/aromatic N) is 1. The highest BCUT2D eigenvalue weighted by atomic mass is 16.6. The van der Waals surface area contributed by atoms with Crippen LogP contribution < -0.4 is 0 Å². The van der Waals surface area contributed by atoms with Crippen molar-refractivity contribution in [2.75, 3.05) is 13.2 Å². The summed E-state index contributed by atoms with van der Waals surface area (Å²) >= 11 is 0. The smallest absolute Gasteiger partial charge is 0.410 e. The van der Waals surface area contributed by atoms with E-state index in [0.717, 1.165) is 12.8 Å². The minimum atomic E-state index is -0.440. The third-order valence-corrected chi connectivity index (χ3v) is 2.87. The molecule has 1 amide bonds. The second kappa shape index (κ2) is 5.04. The minimum Gasteiger partial charge on any atom is -0.444 e. The zero-order chi connectivity index (χ0) is 12.3. The van der Waals surface area contributed by atoms with Crippen molar-refractivity contribution in [3.8, 4) is 0 Å². The Morgan fingerprint density at radius 3 is 2.56 bits per heavy atom. The maximum Gasteiger partial charge on any atom is 0.410 e. The van der Waals surface area contributed by atoms with Gasteiger partial charge >= 0.3 is 6.09 Å². The quantitative estimate of drug-likeness (QED) is 0.748. The third kappa shape index (κ3) is 3.67. The van der Waals surface area contributed by atoms with Crippen molar-refractivity contribution in [3.05, 3.63) is 0 Å². The Kier molecular flexibility index (Phi) is 4.19. The van der Waals surface area contributed by atoms with Gasteiger partial charge in [0.05, 0.1) is 0 Å². The molecule has 94 valence electrons. The van der Waals surface area contributed by atoms with E-state index in [1.807, 2.05) is 27.7 Å². The molecule has 1 rings (SSSR count). The first-order valence-corrected chi connectivity index (χ1v) is 5.94. The first kappa shape index (κ1) is 13.3. The van der Waals surface area contributed by atoms with Crippen LogP contribution in [0.2, 0.25) is 0 Å². The summed E-state index contributed by atoms with van der Waals surface area (Å²) in [5.41, 5.74) is -0.440. The van der Waals surface area contributed by atoms with E-state index in [2.05, 4.69) is 0 Å². The molecule has 16 heavy (non-hydrogen) atoms. The Bertz CT molecular complexity index is 247. The fraction of sp³-hybridized carbons (Fsp3) is 0.917. The summed E-state index contributed by atoms with van der Waals surface area (Å²) in [6, 6.07) is 0.153. The number of likely N-dealkylation sites (tertiary alicyclic amines) is 1. The van der Waals surface area contributed by atoms with Crippen LogP contribution in [0.4, 0.5) is 4.79 Å². The van der Waals surface area contributed by atoms with E-state index in [4.69, 9.17) is 9.84 Å². The topological polar surface area (TPSA) is 49.8 Å². The number of rotatable bonds is 1. The largest absolute Gasteiger partial charge is 0.444 e. The fourth-order valence-corrected chi connectivity index (χ4v) is 2.03. The monoisotopic (exact) mass is 229 g/mol. The van der Waals surface area contributed by atoms with Crippen LogP contribution in [-0.2, 0) is 4.74 Å². The second-order valence-electron chi connectivity index (χ2n) is 5.60. The van der Waals surface area contributed by atoms with Crippen molar-refractivity contribution in [1.29, 1.82) is 0 Å². The predicted molar refractivity (Wildman–Crippen MR) is 62.2 cm³/mol. The number of hydrogen-bond acceptors (Lipinski definition) is 3. The molecule has 1 fully saturated rings. The molecule has 1 aliphatic heterocycles. The Labute approximate surface area is 97.6 Å². The summed E-state index contributed by atoms with van der Waals surface area (Å²) in [5.74, 6) is 0.327. The lowest BCUT2D eigenvalue weighted by atomic mass is 9.93. The molecule has 0 unspecified atom stereocenters. The van der Waals surface area contributed by atoms with Crippen LogP contribution in [0.3, 0.4) is 0 Å². The lowest BCUT2D eigenvalue weighted by Crippen LogP contribution is -2.47. The zero-order valence-electron chi connectivity index (χ0n) is 10.7. The predicted octanol–water partition coefficient (Wildman–Crippen LogP) is 2.01. The molecule has 1 N–H and O–H groups in total. The average molecular weight is 229 g/mol. The molecule has 0 spiro atoms. The molecular weight excluding hydrogens is 206 g/mol. The number of aliphatic hydroxyl groups excluding tert-OH is 1.